The lowest BCUT2D eigenvalue weighted by Gasteiger charge is -2.12. The third-order valence-corrected chi connectivity index (χ3v) is 4.11. The molecule has 0 aliphatic rings. The predicted octanol–water partition coefficient (Wildman–Crippen LogP) is 4.63. The molecule has 142 valence electrons. The maximum Gasteiger partial charge on any atom is 0.264 e. The molecular formula is C22H21N3O2S. The van der Waals surface area contributed by atoms with Gasteiger partial charge in [0.2, 0.25) is 0 Å². The molecule has 6 heteroatoms. The fraction of sp³-hybridized carbons (Fsp3) is 0.0909. The van der Waals surface area contributed by atoms with Crippen molar-refractivity contribution < 1.29 is 9.53 Å². The summed E-state index contributed by atoms with van der Waals surface area (Å²) in [6, 6.07) is 25.1. The van der Waals surface area contributed by atoms with E-state index < -0.39 is 0 Å². The molecule has 0 saturated heterocycles. The molecular weight excluding hydrogens is 370 g/mol. The van der Waals surface area contributed by atoms with Crippen LogP contribution in [0.5, 0.6) is 5.75 Å². The molecule has 1 amide bonds. The second kappa shape index (κ2) is 9.53. The highest BCUT2D eigenvalue weighted by Crippen LogP contribution is 2.18. The van der Waals surface area contributed by atoms with Gasteiger partial charge in [-0.15, -0.1) is 0 Å². The van der Waals surface area contributed by atoms with Crippen LogP contribution >= 0.6 is 12.2 Å². The Balaban J connectivity index is 1.46. The zero-order valence-corrected chi connectivity index (χ0v) is 16.3. The molecule has 0 aliphatic heterocycles. The van der Waals surface area contributed by atoms with Gasteiger partial charge in [-0.2, -0.15) is 0 Å². The normalized spacial score (nSPS) is 10.0. The molecule has 3 aromatic rings. The molecule has 28 heavy (non-hydrogen) atoms. The van der Waals surface area contributed by atoms with E-state index in [1.807, 2.05) is 85.8 Å². The van der Waals surface area contributed by atoms with Crippen LogP contribution in [0, 0.1) is 6.92 Å². The van der Waals surface area contributed by atoms with Crippen molar-refractivity contribution in [2.75, 3.05) is 17.2 Å². The number of amides is 1. The molecule has 3 N–H and O–H groups in total. The molecule has 3 rings (SSSR count). The molecule has 0 saturated carbocycles. The Morgan fingerprint density at radius 2 is 1.46 bits per heavy atom. The minimum absolute atomic E-state index is 0.105. The van der Waals surface area contributed by atoms with E-state index >= 15 is 0 Å². The van der Waals surface area contributed by atoms with Crippen LogP contribution in [0.4, 0.5) is 17.1 Å². The maximum absolute atomic E-state index is 12.0. The minimum atomic E-state index is -0.317. The van der Waals surface area contributed by atoms with Gasteiger partial charge in [0.05, 0.1) is 0 Å². The van der Waals surface area contributed by atoms with E-state index in [0.717, 1.165) is 22.6 Å². The van der Waals surface area contributed by atoms with Gasteiger partial charge in [0.15, 0.2) is 11.7 Å². The minimum Gasteiger partial charge on any atom is -0.483 e. The van der Waals surface area contributed by atoms with E-state index in [9.17, 15) is 4.79 Å². The highest BCUT2D eigenvalue weighted by molar-refractivity contribution is 7.80. The number of thiocarbonyl (C=S) groups is 1. The molecule has 0 unspecified atom stereocenters. The van der Waals surface area contributed by atoms with Crippen LogP contribution in [0.2, 0.25) is 0 Å². The van der Waals surface area contributed by atoms with Crippen molar-refractivity contribution in [3.05, 3.63) is 84.4 Å². The van der Waals surface area contributed by atoms with Crippen molar-refractivity contribution in [3.63, 3.8) is 0 Å². The zero-order chi connectivity index (χ0) is 19.8. The fourth-order valence-electron chi connectivity index (χ4n) is 2.51. The van der Waals surface area contributed by atoms with Crippen LogP contribution < -0.4 is 20.7 Å². The third-order valence-electron chi connectivity index (χ3n) is 3.91. The number of nitrogens with one attached hydrogen (secondary N) is 3. The molecule has 0 radical (unpaired) electrons. The monoisotopic (exact) mass is 391 g/mol. The number of anilines is 3. The lowest BCUT2D eigenvalue weighted by Crippen LogP contribution is -2.37. The van der Waals surface area contributed by atoms with E-state index in [1.165, 1.54) is 0 Å². The molecule has 0 bridgehead atoms. The Bertz CT molecular complexity index is 944. The van der Waals surface area contributed by atoms with E-state index in [-0.39, 0.29) is 17.6 Å². The summed E-state index contributed by atoms with van der Waals surface area (Å²) in [6.07, 6.45) is 0. The number of rotatable bonds is 6. The number of hydrogen-bond donors (Lipinski definition) is 3. The largest absolute Gasteiger partial charge is 0.483 e. The van der Waals surface area contributed by atoms with E-state index in [1.54, 1.807) is 0 Å². The number of para-hydroxylation sites is 2. The van der Waals surface area contributed by atoms with Gasteiger partial charge in [-0.3, -0.25) is 10.1 Å². The van der Waals surface area contributed by atoms with Crippen molar-refractivity contribution in [3.8, 4) is 5.75 Å². The lowest BCUT2D eigenvalue weighted by atomic mass is 10.2. The zero-order valence-electron chi connectivity index (χ0n) is 15.4. The molecule has 0 spiro atoms. The number of benzene rings is 3. The van der Waals surface area contributed by atoms with Crippen molar-refractivity contribution in [1.29, 1.82) is 0 Å². The Labute approximate surface area is 169 Å². The molecule has 5 nitrogen and oxygen atoms in total. The average molecular weight is 391 g/mol. The smallest absolute Gasteiger partial charge is 0.264 e. The first kappa shape index (κ1) is 19.4. The molecule has 0 heterocycles. The number of hydrogen-bond acceptors (Lipinski definition) is 4. The van der Waals surface area contributed by atoms with Gasteiger partial charge >= 0.3 is 0 Å². The van der Waals surface area contributed by atoms with Gasteiger partial charge in [0.1, 0.15) is 5.75 Å². The standard InChI is InChI=1S/C22H21N3O2S/c1-16-7-5-6-10-20(16)27-15-21(26)25-22(28)24-19-13-11-18(12-14-19)23-17-8-3-2-4-9-17/h2-14,23H,15H2,1H3,(H2,24,25,26,28). The summed E-state index contributed by atoms with van der Waals surface area (Å²) in [5.41, 5.74) is 3.72. The van der Waals surface area contributed by atoms with Crippen molar-refractivity contribution >= 4 is 40.3 Å². The van der Waals surface area contributed by atoms with Crippen LogP contribution in [-0.4, -0.2) is 17.6 Å². The second-order valence-corrected chi connectivity index (χ2v) is 6.53. The van der Waals surface area contributed by atoms with Crippen molar-refractivity contribution in [1.82, 2.24) is 5.32 Å². The van der Waals surface area contributed by atoms with E-state index in [4.69, 9.17) is 17.0 Å². The summed E-state index contributed by atoms with van der Waals surface area (Å²) in [4.78, 5) is 12.0. The van der Waals surface area contributed by atoms with Crippen LogP contribution in [0.3, 0.4) is 0 Å². The van der Waals surface area contributed by atoms with Gasteiger partial charge < -0.3 is 15.4 Å². The summed E-state index contributed by atoms with van der Waals surface area (Å²) < 4.78 is 5.51. The lowest BCUT2D eigenvalue weighted by molar-refractivity contribution is -0.121. The van der Waals surface area contributed by atoms with Crippen LogP contribution in [-0.2, 0) is 4.79 Å². The first-order valence-corrected chi connectivity index (χ1v) is 9.22. The fourth-order valence-corrected chi connectivity index (χ4v) is 2.74. The Morgan fingerprint density at radius 3 is 2.18 bits per heavy atom. The van der Waals surface area contributed by atoms with Gasteiger partial charge in [-0.25, -0.2) is 0 Å². The van der Waals surface area contributed by atoms with Gasteiger partial charge in [0.25, 0.3) is 5.91 Å². The average Bonchev–Trinajstić information content (AvgIpc) is 2.69. The van der Waals surface area contributed by atoms with Crippen molar-refractivity contribution in [2.45, 2.75) is 6.92 Å². The molecule has 0 fully saturated rings. The Morgan fingerprint density at radius 1 is 0.857 bits per heavy atom. The summed E-state index contributed by atoms with van der Waals surface area (Å²) in [6.45, 7) is 1.82. The summed E-state index contributed by atoms with van der Waals surface area (Å²) >= 11 is 5.19. The van der Waals surface area contributed by atoms with Gasteiger partial charge in [0, 0.05) is 17.1 Å². The topological polar surface area (TPSA) is 62.4 Å². The first-order valence-electron chi connectivity index (χ1n) is 8.81. The van der Waals surface area contributed by atoms with Crippen LogP contribution in [0.15, 0.2) is 78.9 Å². The molecule has 3 aromatic carbocycles. The molecule has 0 aliphatic carbocycles. The molecule has 0 aromatic heterocycles. The summed E-state index contributed by atoms with van der Waals surface area (Å²) in [7, 11) is 0. The van der Waals surface area contributed by atoms with Crippen LogP contribution in [0.25, 0.3) is 0 Å². The number of carbonyl (C=O) groups is 1. The maximum atomic E-state index is 12.0. The van der Waals surface area contributed by atoms with Crippen molar-refractivity contribution in [2.24, 2.45) is 0 Å². The Kier molecular flexibility index (Phi) is 6.59. The van der Waals surface area contributed by atoms with E-state index in [0.29, 0.717) is 5.75 Å². The third kappa shape index (κ3) is 5.82. The number of ether oxygens (including phenoxy) is 1. The van der Waals surface area contributed by atoms with Gasteiger partial charge in [-0.05, 0) is 67.2 Å². The molecule has 0 atom stereocenters. The first-order chi connectivity index (χ1) is 13.6. The number of carbonyl (C=O) groups excluding carboxylic acids is 1. The Hall–Kier alpha value is -3.38. The van der Waals surface area contributed by atoms with E-state index in [2.05, 4.69) is 16.0 Å². The predicted molar refractivity (Wildman–Crippen MR) is 117 cm³/mol. The van der Waals surface area contributed by atoms with Crippen LogP contribution in [0.1, 0.15) is 5.56 Å². The quantitative estimate of drug-likeness (QED) is 0.535. The highest BCUT2D eigenvalue weighted by atomic mass is 32.1. The summed E-state index contributed by atoms with van der Waals surface area (Å²) in [5, 5.41) is 9.13. The number of aryl methyl sites for hydroxylation is 1. The highest BCUT2D eigenvalue weighted by Gasteiger charge is 2.07. The SMILES string of the molecule is Cc1ccccc1OCC(=O)NC(=S)Nc1ccc(Nc2ccccc2)cc1. The summed E-state index contributed by atoms with van der Waals surface area (Å²) in [5.74, 6) is 0.362. The van der Waals surface area contributed by atoms with Gasteiger partial charge in [-0.1, -0.05) is 36.4 Å². The second-order valence-electron chi connectivity index (χ2n) is 6.12.